The molecule has 0 unspecified atom stereocenters. The van der Waals surface area contributed by atoms with Crippen LogP contribution < -0.4 is 11.1 Å². The van der Waals surface area contributed by atoms with Crippen molar-refractivity contribution in [3.63, 3.8) is 0 Å². The Labute approximate surface area is 75.4 Å². The van der Waals surface area contributed by atoms with Crippen LogP contribution in [0.1, 0.15) is 19.8 Å². The molecule has 0 spiro atoms. The van der Waals surface area contributed by atoms with Crippen LogP contribution in [0, 0.1) is 5.92 Å². The fourth-order valence-corrected chi connectivity index (χ4v) is 2.06. The molecular formula is C7H12N4S. The van der Waals surface area contributed by atoms with E-state index < -0.39 is 0 Å². The number of hydrogen-bond donors (Lipinski definition) is 2. The molecule has 1 aliphatic rings. The molecule has 0 aliphatic heterocycles. The molecule has 1 aromatic heterocycles. The third kappa shape index (κ3) is 1.50. The first-order valence-electron chi connectivity index (χ1n) is 4.10. The van der Waals surface area contributed by atoms with Crippen LogP contribution in [0.5, 0.6) is 0 Å². The summed E-state index contributed by atoms with van der Waals surface area (Å²) >= 11 is 1.33. The molecule has 1 fully saturated rings. The largest absolute Gasteiger partial charge is 0.367 e. The van der Waals surface area contributed by atoms with Crippen LogP contribution in [0.25, 0.3) is 0 Å². The van der Waals surface area contributed by atoms with Gasteiger partial charge in [0.1, 0.15) is 0 Å². The van der Waals surface area contributed by atoms with Crippen LogP contribution in [0.2, 0.25) is 0 Å². The van der Waals surface area contributed by atoms with Gasteiger partial charge in [-0.3, -0.25) is 0 Å². The number of anilines is 2. The van der Waals surface area contributed by atoms with Crippen molar-refractivity contribution in [2.75, 3.05) is 11.1 Å². The molecule has 1 saturated carbocycles. The number of nitrogens with one attached hydrogen (secondary N) is 1. The summed E-state index contributed by atoms with van der Waals surface area (Å²) in [7, 11) is 0. The maximum Gasteiger partial charge on any atom is 0.233 e. The Balaban J connectivity index is 1.88. The monoisotopic (exact) mass is 184 g/mol. The molecule has 5 heteroatoms. The van der Waals surface area contributed by atoms with E-state index in [1.54, 1.807) is 0 Å². The Bertz CT molecular complexity index is 266. The van der Waals surface area contributed by atoms with Crippen molar-refractivity contribution in [3.8, 4) is 0 Å². The lowest BCUT2D eigenvalue weighted by molar-refractivity contribution is 0.309. The Kier molecular flexibility index (Phi) is 1.88. The molecule has 0 radical (unpaired) electrons. The van der Waals surface area contributed by atoms with Gasteiger partial charge in [0.15, 0.2) is 0 Å². The lowest BCUT2D eigenvalue weighted by atomic mass is 9.82. The highest BCUT2D eigenvalue weighted by Crippen LogP contribution is 2.29. The van der Waals surface area contributed by atoms with Crippen LogP contribution in [0.15, 0.2) is 0 Å². The molecule has 0 amide bonds. The maximum atomic E-state index is 5.39. The van der Waals surface area contributed by atoms with Crippen molar-refractivity contribution in [2.45, 2.75) is 25.8 Å². The highest BCUT2D eigenvalue weighted by molar-refractivity contribution is 7.09. The van der Waals surface area contributed by atoms with Crippen molar-refractivity contribution in [3.05, 3.63) is 0 Å². The number of hydrogen-bond acceptors (Lipinski definition) is 5. The van der Waals surface area contributed by atoms with Gasteiger partial charge < -0.3 is 11.1 Å². The van der Waals surface area contributed by atoms with E-state index in [9.17, 15) is 0 Å². The van der Waals surface area contributed by atoms with Crippen LogP contribution in [-0.4, -0.2) is 15.4 Å². The van der Waals surface area contributed by atoms with E-state index in [2.05, 4.69) is 21.6 Å². The average molecular weight is 184 g/mol. The summed E-state index contributed by atoms with van der Waals surface area (Å²) < 4.78 is 3.89. The minimum Gasteiger partial charge on any atom is -0.367 e. The van der Waals surface area contributed by atoms with Crippen molar-refractivity contribution in [1.29, 1.82) is 0 Å². The van der Waals surface area contributed by atoms with Gasteiger partial charge in [0, 0.05) is 17.6 Å². The Morgan fingerprint density at radius 2 is 2.33 bits per heavy atom. The second-order valence-corrected chi connectivity index (χ2v) is 4.13. The molecule has 2 rings (SSSR count). The number of nitrogens with two attached hydrogens (primary N) is 1. The first-order chi connectivity index (χ1) is 5.74. The lowest BCUT2D eigenvalue weighted by Crippen LogP contribution is -2.33. The summed E-state index contributed by atoms with van der Waals surface area (Å²) in [6.07, 6.45) is 2.47. The molecule has 0 saturated heterocycles. The molecule has 12 heavy (non-hydrogen) atoms. The van der Waals surface area contributed by atoms with E-state index in [4.69, 9.17) is 5.73 Å². The van der Waals surface area contributed by atoms with Gasteiger partial charge in [-0.2, -0.15) is 9.36 Å². The first-order valence-corrected chi connectivity index (χ1v) is 4.87. The van der Waals surface area contributed by atoms with Crippen LogP contribution in [-0.2, 0) is 0 Å². The molecule has 0 aromatic carbocycles. The zero-order chi connectivity index (χ0) is 8.55. The Hall–Kier alpha value is -0.840. The van der Waals surface area contributed by atoms with E-state index in [0.717, 1.165) is 11.0 Å². The van der Waals surface area contributed by atoms with Crippen molar-refractivity contribution in [2.24, 2.45) is 5.92 Å². The Morgan fingerprint density at radius 3 is 2.83 bits per heavy atom. The highest BCUT2D eigenvalue weighted by Gasteiger charge is 2.25. The minimum absolute atomic E-state index is 0.370. The van der Waals surface area contributed by atoms with Crippen molar-refractivity contribution in [1.82, 2.24) is 9.36 Å². The topological polar surface area (TPSA) is 63.8 Å². The lowest BCUT2D eigenvalue weighted by Gasteiger charge is -2.32. The summed E-state index contributed by atoms with van der Waals surface area (Å²) in [4.78, 5) is 4.03. The van der Waals surface area contributed by atoms with Gasteiger partial charge in [-0.1, -0.05) is 6.92 Å². The van der Waals surface area contributed by atoms with Gasteiger partial charge in [0.25, 0.3) is 0 Å². The smallest absolute Gasteiger partial charge is 0.233 e. The van der Waals surface area contributed by atoms with Crippen LogP contribution in [0.3, 0.4) is 0 Å². The van der Waals surface area contributed by atoms with E-state index >= 15 is 0 Å². The zero-order valence-electron chi connectivity index (χ0n) is 6.95. The van der Waals surface area contributed by atoms with E-state index in [-0.39, 0.29) is 0 Å². The molecule has 1 aromatic rings. The minimum atomic E-state index is 0.370. The summed E-state index contributed by atoms with van der Waals surface area (Å²) in [5.74, 6) is 1.22. The molecule has 0 atom stereocenters. The maximum absolute atomic E-state index is 5.39. The number of aromatic nitrogens is 2. The van der Waals surface area contributed by atoms with Gasteiger partial charge >= 0.3 is 0 Å². The number of rotatable bonds is 2. The van der Waals surface area contributed by atoms with E-state index in [1.807, 2.05) is 0 Å². The van der Waals surface area contributed by atoms with Crippen molar-refractivity contribution < 1.29 is 0 Å². The predicted molar refractivity (Wildman–Crippen MR) is 50.1 cm³/mol. The molecule has 4 nitrogen and oxygen atoms in total. The third-order valence-corrected chi connectivity index (χ3v) is 2.80. The fraction of sp³-hybridized carbons (Fsp3) is 0.714. The fourth-order valence-electron chi connectivity index (χ4n) is 1.49. The molecule has 1 heterocycles. The van der Waals surface area contributed by atoms with Gasteiger partial charge in [-0.15, -0.1) is 0 Å². The first kappa shape index (κ1) is 7.79. The summed E-state index contributed by atoms with van der Waals surface area (Å²) in [6, 6.07) is 0.590. The molecule has 3 N–H and O–H groups in total. The Morgan fingerprint density at radius 1 is 1.58 bits per heavy atom. The van der Waals surface area contributed by atoms with Gasteiger partial charge in [0.2, 0.25) is 11.1 Å². The molecule has 66 valence electrons. The second kappa shape index (κ2) is 2.90. The van der Waals surface area contributed by atoms with Crippen LogP contribution >= 0.6 is 11.5 Å². The summed E-state index contributed by atoms with van der Waals surface area (Å²) in [5.41, 5.74) is 5.39. The number of nitrogens with zero attached hydrogens (tertiary/aromatic N) is 2. The van der Waals surface area contributed by atoms with E-state index in [0.29, 0.717) is 12.0 Å². The molecule has 1 aliphatic carbocycles. The average Bonchev–Trinajstić information content (AvgIpc) is 2.33. The van der Waals surface area contributed by atoms with Gasteiger partial charge in [-0.05, 0) is 18.8 Å². The van der Waals surface area contributed by atoms with Crippen molar-refractivity contribution >= 4 is 22.6 Å². The highest BCUT2D eigenvalue weighted by atomic mass is 32.1. The third-order valence-electron chi connectivity index (χ3n) is 2.14. The van der Waals surface area contributed by atoms with Gasteiger partial charge in [-0.25, -0.2) is 0 Å². The number of nitrogen functional groups attached to an aromatic ring is 1. The summed E-state index contributed by atoms with van der Waals surface area (Å²) in [6.45, 7) is 2.26. The quantitative estimate of drug-likeness (QED) is 0.727. The van der Waals surface area contributed by atoms with Gasteiger partial charge in [0.05, 0.1) is 0 Å². The van der Waals surface area contributed by atoms with Crippen LogP contribution in [0.4, 0.5) is 11.1 Å². The summed E-state index contributed by atoms with van der Waals surface area (Å²) in [5, 5.41) is 4.15. The zero-order valence-corrected chi connectivity index (χ0v) is 7.77. The SMILES string of the molecule is CC1CC(Nc2nc(N)ns2)C1. The van der Waals surface area contributed by atoms with E-state index in [1.165, 1.54) is 24.4 Å². The second-order valence-electron chi connectivity index (χ2n) is 3.38. The standard InChI is InChI=1S/C7H12N4S/c1-4-2-5(3-4)9-7-10-6(8)11-12-7/h4-5H,2-3H2,1H3,(H3,8,9,10,11). The normalized spacial score (nSPS) is 28.1. The molecular weight excluding hydrogens is 172 g/mol. The predicted octanol–water partition coefficient (Wildman–Crippen LogP) is 1.33. The molecule has 0 bridgehead atoms.